The smallest absolute Gasteiger partial charge is 0.251 e. The topological polar surface area (TPSA) is 46.9 Å². The number of hydrogen-bond donors (Lipinski definition) is 1. The number of carbonyl (C=O) groups excluding carboxylic acids is 1. The van der Waals surface area contributed by atoms with E-state index in [9.17, 15) is 4.79 Å². The number of benzene rings is 2. The minimum absolute atomic E-state index is 0.204. The van der Waals surface area contributed by atoms with Crippen LogP contribution in [-0.2, 0) is 6.54 Å². The highest BCUT2D eigenvalue weighted by Crippen LogP contribution is 2.23. The number of rotatable bonds is 4. The molecule has 1 N–H and O–H groups in total. The Kier molecular flexibility index (Phi) is 5.11. The molecule has 0 fully saturated rings. The lowest BCUT2D eigenvalue weighted by molar-refractivity contribution is 0.0951. The summed E-state index contributed by atoms with van der Waals surface area (Å²) in [7, 11) is 0. The van der Waals surface area contributed by atoms with Crippen LogP contribution >= 0.6 is 23.2 Å². The number of aryl methyl sites for hydroxylation is 1. The third-order valence-corrected chi connectivity index (χ3v) is 4.79. The molecule has 0 aliphatic carbocycles. The van der Waals surface area contributed by atoms with Gasteiger partial charge in [0.1, 0.15) is 0 Å². The first-order valence-corrected chi connectivity index (χ1v) is 8.56. The van der Waals surface area contributed by atoms with E-state index in [2.05, 4.69) is 10.4 Å². The zero-order chi connectivity index (χ0) is 18.0. The van der Waals surface area contributed by atoms with E-state index in [1.54, 1.807) is 18.2 Å². The van der Waals surface area contributed by atoms with Crippen molar-refractivity contribution in [2.24, 2.45) is 0 Å². The van der Waals surface area contributed by atoms with Crippen molar-refractivity contribution in [3.05, 3.63) is 81.1 Å². The highest BCUT2D eigenvalue weighted by molar-refractivity contribution is 6.42. The summed E-state index contributed by atoms with van der Waals surface area (Å²) >= 11 is 11.9. The number of nitrogens with zero attached hydrogens (tertiary/aromatic N) is 2. The van der Waals surface area contributed by atoms with Gasteiger partial charge in [-0.05, 0) is 44.2 Å². The van der Waals surface area contributed by atoms with Gasteiger partial charge in [-0.15, -0.1) is 0 Å². The Morgan fingerprint density at radius 3 is 2.48 bits per heavy atom. The summed E-state index contributed by atoms with van der Waals surface area (Å²) < 4.78 is 1.88. The van der Waals surface area contributed by atoms with Gasteiger partial charge in [0.25, 0.3) is 5.91 Å². The minimum atomic E-state index is -0.204. The molecule has 4 nitrogen and oxygen atoms in total. The maximum absolute atomic E-state index is 12.3. The highest BCUT2D eigenvalue weighted by atomic mass is 35.5. The van der Waals surface area contributed by atoms with Gasteiger partial charge in [-0.2, -0.15) is 5.10 Å². The van der Waals surface area contributed by atoms with Crippen molar-refractivity contribution >= 4 is 29.1 Å². The van der Waals surface area contributed by atoms with Gasteiger partial charge in [-0.25, -0.2) is 4.68 Å². The van der Waals surface area contributed by atoms with Crippen molar-refractivity contribution < 1.29 is 4.79 Å². The molecule has 1 heterocycles. The van der Waals surface area contributed by atoms with Crippen LogP contribution in [0.25, 0.3) is 5.69 Å². The summed E-state index contributed by atoms with van der Waals surface area (Å²) in [5.41, 5.74) is 4.34. The van der Waals surface area contributed by atoms with Gasteiger partial charge in [-0.1, -0.05) is 41.4 Å². The quantitative estimate of drug-likeness (QED) is 0.718. The van der Waals surface area contributed by atoms with Crippen molar-refractivity contribution in [3.63, 3.8) is 0 Å². The molecule has 0 bridgehead atoms. The van der Waals surface area contributed by atoms with Crippen molar-refractivity contribution in [2.45, 2.75) is 20.4 Å². The van der Waals surface area contributed by atoms with Crippen LogP contribution in [0.1, 0.15) is 27.3 Å². The molecule has 0 saturated carbocycles. The lowest BCUT2D eigenvalue weighted by Gasteiger charge is -2.08. The zero-order valence-electron chi connectivity index (χ0n) is 13.9. The summed E-state index contributed by atoms with van der Waals surface area (Å²) in [5, 5.41) is 8.28. The van der Waals surface area contributed by atoms with Crippen molar-refractivity contribution in [2.75, 3.05) is 0 Å². The third-order valence-electron chi connectivity index (χ3n) is 4.05. The van der Waals surface area contributed by atoms with Crippen LogP contribution in [0.5, 0.6) is 0 Å². The first-order chi connectivity index (χ1) is 12.0. The Morgan fingerprint density at radius 1 is 1.08 bits per heavy atom. The molecule has 25 heavy (non-hydrogen) atoms. The largest absolute Gasteiger partial charge is 0.348 e. The normalized spacial score (nSPS) is 10.7. The van der Waals surface area contributed by atoms with E-state index in [1.807, 2.05) is 48.9 Å². The van der Waals surface area contributed by atoms with Gasteiger partial charge in [0.2, 0.25) is 0 Å². The van der Waals surface area contributed by atoms with Crippen LogP contribution in [0.15, 0.2) is 48.5 Å². The molecule has 0 atom stereocenters. The molecule has 0 aliphatic rings. The van der Waals surface area contributed by atoms with Gasteiger partial charge in [0, 0.05) is 23.4 Å². The van der Waals surface area contributed by atoms with Gasteiger partial charge in [0.15, 0.2) is 0 Å². The number of carbonyl (C=O) groups is 1. The highest BCUT2D eigenvalue weighted by Gasteiger charge is 2.14. The maximum atomic E-state index is 12.3. The number of hydrogen-bond acceptors (Lipinski definition) is 2. The fourth-order valence-corrected chi connectivity index (χ4v) is 2.96. The SMILES string of the molecule is Cc1nn(-c2ccccc2)c(C)c1CNC(=O)c1ccc(Cl)c(Cl)c1. The molecule has 0 radical (unpaired) electrons. The van der Waals surface area contributed by atoms with E-state index < -0.39 is 0 Å². The van der Waals surface area contributed by atoms with E-state index in [1.165, 1.54) is 0 Å². The zero-order valence-corrected chi connectivity index (χ0v) is 15.4. The monoisotopic (exact) mass is 373 g/mol. The predicted octanol–water partition coefficient (Wildman–Crippen LogP) is 4.73. The number of para-hydroxylation sites is 1. The summed E-state index contributed by atoms with van der Waals surface area (Å²) in [6.45, 7) is 4.32. The van der Waals surface area contributed by atoms with Gasteiger partial charge < -0.3 is 5.32 Å². The first kappa shape index (κ1) is 17.5. The lowest BCUT2D eigenvalue weighted by Crippen LogP contribution is -2.23. The number of halogens is 2. The van der Waals surface area contributed by atoms with E-state index >= 15 is 0 Å². The summed E-state index contributed by atoms with van der Waals surface area (Å²) in [6, 6.07) is 14.7. The fourth-order valence-electron chi connectivity index (χ4n) is 2.66. The second kappa shape index (κ2) is 7.30. The Bertz CT molecular complexity index is 920. The second-order valence-corrected chi connectivity index (χ2v) is 6.52. The van der Waals surface area contributed by atoms with E-state index in [0.717, 1.165) is 22.6 Å². The average molecular weight is 374 g/mol. The molecule has 0 aliphatic heterocycles. The second-order valence-electron chi connectivity index (χ2n) is 5.71. The molecule has 0 saturated heterocycles. The fraction of sp³-hybridized carbons (Fsp3) is 0.158. The number of aromatic nitrogens is 2. The lowest BCUT2D eigenvalue weighted by atomic mass is 10.1. The van der Waals surface area contributed by atoms with Crippen molar-refractivity contribution in [1.82, 2.24) is 15.1 Å². The molecule has 1 amide bonds. The molecule has 3 rings (SSSR count). The van der Waals surface area contributed by atoms with E-state index in [0.29, 0.717) is 22.2 Å². The van der Waals surface area contributed by atoms with Crippen LogP contribution in [0.2, 0.25) is 10.0 Å². The van der Waals surface area contributed by atoms with Crippen LogP contribution in [0.4, 0.5) is 0 Å². The molecule has 0 spiro atoms. The van der Waals surface area contributed by atoms with E-state index in [-0.39, 0.29) is 5.91 Å². The number of amides is 1. The molecule has 0 unspecified atom stereocenters. The summed E-state index contributed by atoms with van der Waals surface area (Å²) in [6.07, 6.45) is 0. The molecule has 2 aromatic carbocycles. The third kappa shape index (κ3) is 3.70. The molecule has 6 heteroatoms. The van der Waals surface area contributed by atoms with Gasteiger partial charge in [0.05, 0.1) is 21.4 Å². The molecule has 3 aromatic rings. The van der Waals surface area contributed by atoms with Crippen LogP contribution in [0.3, 0.4) is 0 Å². The minimum Gasteiger partial charge on any atom is -0.348 e. The summed E-state index contributed by atoms with van der Waals surface area (Å²) in [4.78, 5) is 12.3. The first-order valence-electron chi connectivity index (χ1n) is 7.81. The van der Waals surface area contributed by atoms with Gasteiger partial charge in [-0.3, -0.25) is 4.79 Å². The van der Waals surface area contributed by atoms with E-state index in [4.69, 9.17) is 23.2 Å². The average Bonchev–Trinajstić information content (AvgIpc) is 2.90. The van der Waals surface area contributed by atoms with Crippen molar-refractivity contribution in [3.8, 4) is 5.69 Å². The Hall–Kier alpha value is -2.30. The Morgan fingerprint density at radius 2 is 1.80 bits per heavy atom. The van der Waals surface area contributed by atoms with Crippen LogP contribution < -0.4 is 5.32 Å². The Labute approximate surface area is 156 Å². The molecular formula is C19H17Cl2N3O. The maximum Gasteiger partial charge on any atom is 0.251 e. The Balaban J connectivity index is 1.78. The van der Waals surface area contributed by atoms with Crippen LogP contribution in [-0.4, -0.2) is 15.7 Å². The predicted molar refractivity (Wildman–Crippen MR) is 101 cm³/mol. The summed E-state index contributed by atoms with van der Waals surface area (Å²) in [5.74, 6) is -0.204. The van der Waals surface area contributed by atoms with Crippen molar-refractivity contribution in [1.29, 1.82) is 0 Å². The number of nitrogens with one attached hydrogen (secondary N) is 1. The molecule has 128 valence electrons. The molecule has 1 aromatic heterocycles. The standard InChI is InChI=1S/C19H17Cl2N3O/c1-12-16(13(2)24(23-12)15-6-4-3-5-7-15)11-22-19(25)14-8-9-17(20)18(21)10-14/h3-10H,11H2,1-2H3,(H,22,25). The molecular weight excluding hydrogens is 357 g/mol. The van der Waals surface area contributed by atoms with Gasteiger partial charge >= 0.3 is 0 Å². The van der Waals surface area contributed by atoms with Crippen LogP contribution in [0, 0.1) is 13.8 Å².